The molecule has 0 unspecified atom stereocenters. The molecule has 3 heterocycles. The fourth-order valence-corrected chi connectivity index (χ4v) is 4.31. The number of nitrogens with one attached hydrogen (secondary N) is 1. The number of carbonyl (C=O) groups excluding carboxylic acids is 1. The molecule has 7 nitrogen and oxygen atoms in total. The molecule has 0 saturated carbocycles. The molecule has 1 N–H and O–H groups in total. The molecule has 0 aliphatic carbocycles. The number of piperidine rings is 1. The zero-order valence-corrected chi connectivity index (χ0v) is 18.6. The summed E-state index contributed by atoms with van der Waals surface area (Å²) in [6.45, 7) is 11.4. The van der Waals surface area contributed by atoms with Gasteiger partial charge >= 0.3 is 0 Å². The van der Waals surface area contributed by atoms with Crippen molar-refractivity contribution in [1.29, 1.82) is 0 Å². The van der Waals surface area contributed by atoms with Crippen molar-refractivity contribution in [2.24, 2.45) is 0 Å². The number of aromatic nitrogens is 2. The largest absolute Gasteiger partial charge is 0.351 e. The van der Waals surface area contributed by atoms with E-state index in [1.807, 2.05) is 36.5 Å². The standard InChI is InChI=1S/C24H34N6O/c1-2-28-16-18-29(19-17-28)15-12-25-23(31)21-8-6-20(7-9-21)22-10-11-26-24(27-22)30-13-4-3-5-14-30/h6-11H,2-5,12-19H2,1H3,(H,25,31). The van der Waals surface area contributed by atoms with Crippen LogP contribution in [0.5, 0.6) is 0 Å². The van der Waals surface area contributed by atoms with E-state index in [2.05, 4.69) is 31.9 Å². The number of benzene rings is 1. The summed E-state index contributed by atoms with van der Waals surface area (Å²) in [5.74, 6) is 0.786. The molecule has 0 bridgehead atoms. The van der Waals surface area contributed by atoms with Crippen LogP contribution in [-0.2, 0) is 0 Å². The Balaban J connectivity index is 1.29. The maximum Gasteiger partial charge on any atom is 0.251 e. The Morgan fingerprint density at radius 2 is 1.65 bits per heavy atom. The molecule has 2 aliphatic rings. The second-order valence-electron chi connectivity index (χ2n) is 8.40. The van der Waals surface area contributed by atoms with Gasteiger partial charge < -0.3 is 15.1 Å². The molecule has 31 heavy (non-hydrogen) atoms. The molecule has 0 radical (unpaired) electrons. The van der Waals surface area contributed by atoms with E-state index in [0.717, 1.165) is 69.6 Å². The lowest BCUT2D eigenvalue weighted by Gasteiger charge is -2.33. The molecular weight excluding hydrogens is 388 g/mol. The number of amides is 1. The molecule has 1 aromatic heterocycles. The summed E-state index contributed by atoms with van der Waals surface area (Å²) in [7, 11) is 0. The van der Waals surface area contributed by atoms with Crippen LogP contribution in [0.15, 0.2) is 36.5 Å². The fourth-order valence-electron chi connectivity index (χ4n) is 4.31. The lowest BCUT2D eigenvalue weighted by Crippen LogP contribution is -2.48. The number of hydrogen-bond acceptors (Lipinski definition) is 6. The van der Waals surface area contributed by atoms with Crippen LogP contribution < -0.4 is 10.2 Å². The van der Waals surface area contributed by atoms with Gasteiger partial charge in [0.05, 0.1) is 5.69 Å². The third kappa shape index (κ3) is 5.80. The molecule has 2 aromatic rings. The van der Waals surface area contributed by atoms with Crippen LogP contribution in [0.2, 0.25) is 0 Å². The minimum absolute atomic E-state index is 0.0181. The Hall–Kier alpha value is -2.51. The van der Waals surface area contributed by atoms with Gasteiger partial charge in [-0.1, -0.05) is 19.1 Å². The van der Waals surface area contributed by atoms with Crippen LogP contribution in [0.25, 0.3) is 11.3 Å². The molecule has 1 aromatic carbocycles. The van der Waals surface area contributed by atoms with Gasteiger partial charge in [0, 0.05) is 69.7 Å². The average molecular weight is 423 g/mol. The first-order valence-corrected chi connectivity index (χ1v) is 11.6. The normalized spacial score (nSPS) is 18.2. The van der Waals surface area contributed by atoms with E-state index in [1.165, 1.54) is 19.3 Å². The first kappa shape index (κ1) is 21.7. The minimum Gasteiger partial charge on any atom is -0.351 e. The fraction of sp³-hybridized carbons (Fsp3) is 0.542. The van der Waals surface area contributed by atoms with Crippen LogP contribution in [-0.4, -0.2) is 84.6 Å². The molecule has 2 fully saturated rings. The Bertz CT molecular complexity index is 841. The highest BCUT2D eigenvalue weighted by Gasteiger charge is 2.16. The highest BCUT2D eigenvalue weighted by Crippen LogP contribution is 2.21. The lowest BCUT2D eigenvalue weighted by molar-refractivity contribution is 0.0938. The Morgan fingerprint density at radius 1 is 0.935 bits per heavy atom. The second kappa shape index (κ2) is 10.7. The molecule has 1 amide bonds. The van der Waals surface area contributed by atoms with Gasteiger partial charge in [-0.2, -0.15) is 0 Å². The van der Waals surface area contributed by atoms with Gasteiger partial charge in [-0.05, 0) is 44.0 Å². The maximum atomic E-state index is 12.5. The maximum absolute atomic E-state index is 12.5. The molecule has 2 aliphatic heterocycles. The predicted octanol–water partition coefficient (Wildman–Crippen LogP) is 2.50. The van der Waals surface area contributed by atoms with E-state index in [9.17, 15) is 4.79 Å². The van der Waals surface area contributed by atoms with Crippen molar-refractivity contribution in [3.05, 3.63) is 42.1 Å². The van der Waals surface area contributed by atoms with Crippen molar-refractivity contribution in [2.45, 2.75) is 26.2 Å². The van der Waals surface area contributed by atoms with Crippen LogP contribution in [0.3, 0.4) is 0 Å². The second-order valence-corrected chi connectivity index (χ2v) is 8.40. The smallest absolute Gasteiger partial charge is 0.251 e. The molecule has 0 atom stereocenters. The Kier molecular flexibility index (Phi) is 7.48. The lowest BCUT2D eigenvalue weighted by atomic mass is 10.1. The first-order valence-electron chi connectivity index (χ1n) is 11.6. The summed E-state index contributed by atoms with van der Waals surface area (Å²) in [6, 6.07) is 9.64. The summed E-state index contributed by atoms with van der Waals surface area (Å²) in [5.41, 5.74) is 2.59. The average Bonchev–Trinajstić information content (AvgIpc) is 2.85. The van der Waals surface area contributed by atoms with Gasteiger partial charge in [0.1, 0.15) is 0 Å². The molecule has 166 valence electrons. The van der Waals surface area contributed by atoms with E-state index < -0.39 is 0 Å². The zero-order chi connectivity index (χ0) is 21.5. The third-order valence-electron chi connectivity index (χ3n) is 6.35. The summed E-state index contributed by atoms with van der Waals surface area (Å²) < 4.78 is 0. The highest BCUT2D eigenvalue weighted by molar-refractivity contribution is 5.94. The van der Waals surface area contributed by atoms with Gasteiger partial charge in [-0.15, -0.1) is 0 Å². The van der Waals surface area contributed by atoms with Gasteiger partial charge in [-0.25, -0.2) is 9.97 Å². The number of nitrogens with zero attached hydrogens (tertiary/aromatic N) is 5. The van der Waals surface area contributed by atoms with Crippen molar-refractivity contribution in [2.75, 3.05) is 63.8 Å². The van der Waals surface area contributed by atoms with Crippen LogP contribution in [0.4, 0.5) is 5.95 Å². The molecule has 2 saturated heterocycles. The molecule has 0 spiro atoms. The van der Waals surface area contributed by atoms with Gasteiger partial charge in [0.2, 0.25) is 5.95 Å². The van der Waals surface area contributed by atoms with Crippen molar-refractivity contribution in [3.63, 3.8) is 0 Å². The highest BCUT2D eigenvalue weighted by atomic mass is 16.1. The quantitative estimate of drug-likeness (QED) is 0.740. The van der Waals surface area contributed by atoms with E-state index in [1.54, 1.807) is 0 Å². The topological polar surface area (TPSA) is 64.6 Å². The van der Waals surface area contributed by atoms with Crippen molar-refractivity contribution in [3.8, 4) is 11.3 Å². The molecule has 4 rings (SSSR count). The van der Waals surface area contributed by atoms with E-state index in [-0.39, 0.29) is 5.91 Å². The van der Waals surface area contributed by atoms with Crippen LogP contribution in [0, 0.1) is 0 Å². The van der Waals surface area contributed by atoms with E-state index in [4.69, 9.17) is 4.98 Å². The van der Waals surface area contributed by atoms with Crippen molar-refractivity contribution < 1.29 is 4.79 Å². The number of hydrogen-bond donors (Lipinski definition) is 1. The van der Waals surface area contributed by atoms with Gasteiger partial charge in [0.15, 0.2) is 0 Å². The summed E-state index contributed by atoms with van der Waals surface area (Å²) in [4.78, 5) is 28.9. The van der Waals surface area contributed by atoms with Gasteiger partial charge in [-0.3, -0.25) is 9.69 Å². The van der Waals surface area contributed by atoms with Crippen molar-refractivity contribution >= 4 is 11.9 Å². The van der Waals surface area contributed by atoms with E-state index in [0.29, 0.717) is 12.1 Å². The monoisotopic (exact) mass is 422 g/mol. The summed E-state index contributed by atoms with van der Waals surface area (Å²) in [6.07, 6.45) is 5.51. The predicted molar refractivity (Wildman–Crippen MR) is 124 cm³/mol. The minimum atomic E-state index is -0.0181. The zero-order valence-electron chi connectivity index (χ0n) is 18.6. The number of rotatable bonds is 7. The third-order valence-corrected chi connectivity index (χ3v) is 6.35. The molecular formula is C24H34N6O. The van der Waals surface area contributed by atoms with E-state index >= 15 is 0 Å². The molecule has 7 heteroatoms. The van der Waals surface area contributed by atoms with Crippen molar-refractivity contribution in [1.82, 2.24) is 25.1 Å². The number of carbonyl (C=O) groups is 1. The Morgan fingerprint density at radius 3 is 2.35 bits per heavy atom. The number of likely N-dealkylation sites (N-methyl/N-ethyl adjacent to an activating group) is 1. The Labute approximate surface area is 185 Å². The first-order chi connectivity index (χ1) is 15.2. The number of piperazine rings is 1. The summed E-state index contributed by atoms with van der Waals surface area (Å²) in [5, 5.41) is 3.06. The number of anilines is 1. The van der Waals surface area contributed by atoms with Crippen LogP contribution >= 0.6 is 0 Å². The van der Waals surface area contributed by atoms with Gasteiger partial charge in [0.25, 0.3) is 5.91 Å². The summed E-state index contributed by atoms with van der Waals surface area (Å²) >= 11 is 0. The van der Waals surface area contributed by atoms with Crippen LogP contribution in [0.1, 0.15) is 36.5 Å². The SMILES string of the molecule is CCN1CCN(CCNC(=O)c2ccc(-c3ccnc(N4CCCCC4)n3)cc2)CC1.